The van der Waals surface area contributed by atoms with Gasteiger partial charge in [0, 0.05) is 37.7 Å². The fourth-order valence-electron chi connectivity index (χ4n) is 3.65. The number of unbranched alkanes of at least 4 members (excludes halogenated alkanes) is 1. The lowest BCUT2D eigenvalue weighted by atomic mass is 10.3. The van der Waals surface area contributed by atoms with Gasteiger partial charge in [0.15, 0.2) is 14.7 Å². The monoisotopic (exact) mass is 619 g/mol. The molecular formula is C30H45NO5S2Si2. The summed E-state index contributed by atoms with van der Waals surface area (Å²) in [6.07, 6.45) is 1.23. The van der Waals surface area contributed by atoms with Crippen molar-refractivity contribution in [2.75, 3.05) is 24.7 Å². The summed E-state index contributed by atoms with van der Waals surface area (Å²) in [5, 5.41) is 0. The summed E-state index contributed by atoms with van der Waals surface area (Å²) in [4.78, 5) is 5.92. The quantitative estimate of drug-likeness (QED) is 0.125. The van der Waals surface area contributed by atoms with E-state index in [4.69, 9.17) is 8.85 Å². The smallest absolute Gasteiger partial charge is 0.242 e. The standard InChI is InChI=1S/C26H36NO2SSi2.C4H10O3S/c1-27(2)21-15-17-24(18-16-21)30(25-13-9-11-22(19-25)28-31(3,4)5)26-14-10-12-23(20-26)29-32(6,7)8;1-2-3-4-8(5,6)7/h9-20H,1-8H3;2-4H2,1H3,(H,5,6,7)/q+1;/p-1. The second kappa shape index (κ2) is 14.6. The number of nitrogens with zero attached hydrogens (tertiary/aromatic N) is 1. The number of hydrogen-bond donors (Lipinski definition) is 0. The summed E-state index contributed by atoms with van der Waals surface area (Å²) in [5.74, 6) is 1.70. The summed E-state index contributed by atoms with van der Waals surface area (Å²) in [7, 11) is -3.43. The zero-order valence-corrected chi connectivity index (χ0v) is 29.0. The Kier molecular flexibility index (Phi) is 12.4. The average molecular weight is 620 g/mol. The Balaban J connectivity index is 0.000000611. The molecule has 40 heavy (non-hydrogen) atoms. The van der Waals surface area contributed by atoms with Gasteiger partial charge in [-0.1, -0.05) is 25.5 Å². The van der Waals surface area contributed by atoms with E-state index in [-0.39, 0.29) is 16.6 Å². The Hall–Kier alpha value is -2.25. The molecule has 0 unspecified atom stereocenters. The first-order valence-corrected chi connectivity index (χ1v) is 23.1. The van der Waals surface area contributed by atoms with Crippen LogP contribution in [0.15, 0.2) is 87.5 Å². The van der Waals surface area contributed by atoms with Gasteiger partial charge in [-0.25, -0.2) is 8.42 Å². The Labute approximate surface area is 247 Å². The van der Waals surface area contributed by atoms with Gasteiger partial charge >= 0.3 is 0 Å². The van der Waals surface area contributed by atoms with Gasteiger partial charge in [-0.05, 0) is 94.2 Å². The number of hydrogen-bond acceptors (Lipinski definition) is 6. The molecule has 0 aliphatic heterocycles. The summed E-state index contributed by atoms with van der Waals surface area (Å²) < 4.78 is 42.1. The van der Waals surface area contributed by atoms with Crippen LogP contribution in [0.2, 0.25) is 39.3 Å². The lowest BCUT2D eigenvalue weighted by molar-refractivity contribution is 0.461. The van der Waals surface area contributed by atoms with E-state index in [0.29, 0.717) is 6.42 Å². The second-order valence-corrected chi connectivity index (χ2v) is 24.1. The van der Waals surface area contributed by atoms with Gasteiger partial charge in [-0.15, -0.1) is 0 Å². The molecule has 0 radical (unpaired) electrons. The van der Waals surface area contributed by atoms with E-state index >= 15 is 0 Å². The molecule has 6 nitrogen and oxygen atoms in total. The molecule has 0 fully saturated rings. The average Bonchev–Trinajstić information content (AvgIpc) is 2.82. The molecule has 220 valence electrons. The van der Waals surface area contributed by atoms with Gasteiger partial charge < -0.3 is 18.3 Å². The molecule has 0 aliphatic carbocycles. The van der Waals surface area contributed by atoms with Crippen molar-refractivity contribution in [3.05, 3.63) is 72.8 Å². The van der Waals surface area contributed by atoms with Crippen molar-refractivity contribution in [2.45, 2.75) is 73.7 Å². The SMILES string of the molecule is CCCCS(=O)(=O)[O-].CN(C)c1ccc([S+](c2cccc(O[Si](C)(C)C)c2)c2cccc(O[Si](C)(C)C)c2)cc1. The molecular weight excluding hydrogens is 575 g/mol. The minimum absolute atomic E-state index is 0.219. The molecule has 0 spiro atoms. The molecule has 0 aromatic heterocycles. The highest BCUT2D eigenvalue weighted by Crippen LogP contribution is 2.36. The van der Waals surface area contributed by atoms with Gasteiger partial charge in [-0.2, -0.15) is 0 Å². The van der Waals surface area contributed by atoms with E-state index in [2.05, 4.69) is 131 Å². The molecule has 3 rings (SSSR count). The van der Waals surface area contributed by atoms with Crippen molar-refractivity contribution in [2.24, 2.45) is 0 Å². The van der Waals surface area contributed by atoms with Crippen LogP contribution in [0.25, 0.3) is 0 Å². The lowest BCUT2D eigenvalue weighted by Gasteiger charge is -2.20. The molecule has 0 atom stereocenters. The predicted molar refractivity (Wildman–Crippen MR) is 173 cm³/mol. The van der Waals surface area contributed by atoms with Crippen LogP contribution in [0.3, 0.4) is 0 Å². The van der Waals surface area contributed by atoms with Gasteiger partial charge in [0.1, 0.15) is 11.5 Å². The van der Waals surface area contributed by atoms with Crippen LogP contribution in [0, 0.1) is 0 Å². The van der Waals surface area contributed by atoms with Crippen LogP contribution in [0.1, 0.15) is 19.8 Å². The first-order valence-electron chi connectivity index (χ1n) is 13.5. The summed E-state index contributed by atoms with van der Waals surface area (Å²) in [5.41, 5.74) is 1.20. The van der Waals surface area contributed by atoms with Crippen molar-refractivity contribution in [1.82, 2.24) is 0 Å². The first kappa shape index (κ1) is 34.0. The molecule has 0 saturated carbocycles. The fraction of sp³-hybridized carbons (Fsp3) is 0.400. The van der Waals surface area contributed by atoms with E-state index in [1.165, 1.54) is 20.4 Å². The Morgan fingerprint density at radius 2 is 1.20 bits per heavy atom. The van der Waals surface area contributed by atoms with E-state index in [1.807, 2.05) is 6.92 Å². The van der Waals surface area contributed by atoms with Crippen LogP contribution in [-0.4, -0.2) is 49.5 Å². The number of rotatable bonds is 11. The van der Waals surface area contributed by atoms with Gasteiger partial charge in [0.05, 0.1) is 21.0 Å². The fourth-order valence-corrected chi connectivity index (χ4v) is 8.08. The van der Waals surface area contributed by atoms with E-state index in [9.17, 15) is 13.0 Å². The van der Waals surface area contributed by atoms with Crippen LogP contribution < -0.4 is 13.8 Å². The third kappa shape index (κ3) is 12.5. The molecule has 3 aromatic rings. The van der Waals surface area contributed by atoms with Gasteiger partial charge in [-0.3, -0.25) is 0 Å². The van der Waals surface area contributed by atoms with Crippen molar-refractivity contribution in [3.63, 3.8) is 0 Å². The minimum Gasteiger partial charge on any atom is -0.748 e. The largest absolute Gasteiger partial charge is 0.748 e. The Bertz CT molecular complexity index is 1260. The highest BCUT2D eigenvalue weighted by molar-refractivity contribution is 7.97. The van der Waals surface area contributed by atoms with E-state index in [1.54, 1.807) is 0 Å². The normalized spacial score (nSPS) is 12.0. The first-order chi connectivity index (χ1) is 18.5. The second-order valence-electron chi connectivity index (χ2n) is 11.7. The maximum atomic E-state index is 9.83. The van der Waals surface area contributed by atoms with Crippen molar-refractivity contribution in [1.29, 1.82) is 0 Å². The molecule has 3 aromatic carbocycles. The van der Waals surface area contributed by atoms with Crippen molar-refractivity contribution in [3.8, 4) is 11.5 Å². The van der Waals surface area contributed by atoms with E-state index < -0.39 is 26.8 Å². The van der Waals surface area contributed by atoms with E-state index in [0.717, 1.165) is 17.9 Å². The maximum absolute atomic E-state index is 9.83. The molecule has 0 N–H and O–H groups in total. The molecule has 0 heterocycles. The summed E-state index contributed by atoms with van der Waals surface area (Å²) in [6, 6.07) is 26.1. The number of anilines is 1. The van der Waals surface area contributed by atoms with Crippen molar-refractivity contribution >= 4 is 43.3 Å². The molecule has 0 bridgehead atoms. The summed E-state index contributed by atoms with van der Waals surface area (Å²) in [6.45, 7) is 15.2. The third-order valence-corrected chi connectivity index (χ3v) is 9.95. The van der Waals surface area contributed by atoms with Crippen LogP contribution in [0.5, 0.6) is 11.5 Å². The lowest BCUT2D eigenvalue weighted by Crippen LogP contribution is -2.29. The Morgan fingerprint density at radius 1 is 0.750 bits per heavy atom. The zero-order chi connectivity index (χ0) is 30.1. The molecule has 10 heteroatoms. The Morgan fingerprint density at radius 3 is 1.52 bits per heavy atom. The highest BCUT2D eigenvalue weighted by atomic mass is 32.2. The van der Waals surface area contributed by atoms with Gasteiger partial charge in [0.2, 0.25) is 16.6 Å². The minimum atomic E-state index is -3.94. The van der Waals surface area contributed by atoms with Gasteiger partial charge in [0.25, 0.3) is 0 Å². The topological polar surface area (TPSA) is 78.9 Å². The molecule has 0 amide bonds. The van der Waals surface area contributed by atoms with Crippen molar-refractivity contribution < 1.29 is 21.8 Å². The predicted octanol–water partition coefficient (Wildman–Crippen LogP) is 7.61. The maximum Gasteiger partial charge on any atom is 0.242 e. The van der Waals surface area contributed by atoms with Crippen LogP contribution in [-0.2, 0) is 21.0 Å². The molecule has 0 aliphatic rings. The zero-order valence-electron chi connectivity index (χ0n) is 25.4. The third-order valence-electron chi connectivity index (χ3n) is 5.27. The molecule has 0 saturated heterocycles. The summed E-state index contributed by atoms with van der Waals surface area (Å²) >= 11 is 0. The van der Waals surface area contributed by atoms with Crippen LogP contribution in [0.4, 0.5) is 5.69 Å². The number of benzene rings is 3. The highest BCUT2D eigenvalue weighted by Gasteiger charge is 2.31. The van der Waals surface area contributed by atoms with Crippen LogP contribution >= 0.6 is 0 Å².